The second-order valence-electron chi connectivity index (χ2n) is 9.23. The first-order valence-electron chi connectivity index (χ1n) is 12.4. The van der Waals surface area contributed by atoms with E-state index in [2.05, 4.69) is 6.92 Å². The molecule has 3 aromatic carbocycles. The third kappa shape index (κ3) is 4.62. The van der Waals surface area contributed by atoms with Crippen LogP contribution in [-0.2, 0) is 9.59 Å². The largest absolute Gasteiger partial charge is 0.507 e. The van der Waals surface area contributed by atoms with Gasteiger partial charge in [-0.15, -0.1) is 0 Å². The number of Topliss-reactive ketones (excluding diaryl/α,β-unsaturated/α-hetero) is 1. The van der Waals surface area contributed by atoms with Crippen molar-refractivity contribution in [3.63, 3.8) is 0 Å². The van der Waals surface area contributed by atoms with Crippen LogP contribution in [-0.4, -0.2) is 28.4 Å². The molecule has 0 spiro atoms. The van der Waals surface area contributed by atoms with Crippen molar-refractivity contribution in [3.05, 3.63) is 94.6 Å². The lowest BCUT2D eigenvalue weighted by molar-refractivity contribution is -0.132. The van der Waals surface area contributed by atoms with E-state index in [9.17, 15) is 14.7 Å². The number of aryl methyl sites for hydroxylation is 2. The quantitative estimate of drug-likeness (QED) is 0.129. The smallest absolute Gasteiger partial charge is 0.301 e. The van der Waals surface area contributed by atoms with Gasteiger partial charge in [0.2, 0.25) is 0 Å². The molecular weight excluding hydrogens is 484 g/mol. The van der Waals surface area contributed by atoms with Crippen molar-refractivity contribution in [2.75, 3.05) is 11.5 Å². The first-order valence-corrected chi connectivity index (χ1v) is 13.2. The minimum Gasteiger partial charge on any atom is -0.507 e. The second kappa shape index (κ2) is 10.2. The number of aliphatic hydroxyl groups is 1. The van der Waals surface area contributed by atoms with Gasteiger partial charge >= 0.3 is 5.91 Å². The van der Waals surface area contributed by atoms with Crippen molar-refractivity contribution in [1.82, 2.24) is 4.98 Å². The fourth-order valence-electron chi connectivity index (χ4n) is 4.67. The van der Waals surface area contributed by atoms with Gasteiger partial charge in [0, 0.05) is 5.56 Å². The first-order chi connectivity index (χ1) is 17.9. The van der Waals surface area contributed by atoms with E-state index in [-0.39, 0.29) is 11.3 Å². The molecular formula is C30H28N2O4S. The summed E-state index contributed by atoms with van der Waals surface area (Å²) in [5, 5.41) is 11.9. The van der Waals surface area contributed by atoms with Crippen LogP contribution in [0.2, 0.25) is 0 Å². The SMILES string of the molecule is CCCCOc1cccc(/C(O)=C2\C(=O)C(=O)N(c3nc4c(C)cc(C)cc4s3)C2c2ccccc2)c1. The number of rotatable bonds is 7. The number of carbonyl (C=O) groups is 2. The summed E-state index contributed by atoms with van der Waals surface area (Å²) < 4.78 is 6.74. The number of hydrogen-bond acceptors (Lipinski definition) is 6. The van der Waals surface area contributed by atoms with E-state index in [4.69, 9.17) is 9.72 Å². The van der Waals surface area contributed by atoms with Crippen LogP contribution in [0.25, 0.3) is 16.0 Å². The van der Waals surface area contributed by atoms with Gasteiger partial charge in [0.15, 0.2) is 5.13 Å². The van der Waals surface area contributed by atoms with E-state index in [1.807, 2.05) is 62.4 Å². The minimum absolute atomic E-state index is 0.0362. The highest BCUT2D eigenvalue weighted by Crippen LogP contribution is 2.44. The zero-order valence-corrected chi connectivity index (χ0v) is 21.8. The molecule has 1 atom stereocenters. The monoisotopic (exact) mass is 512 g/mol. The molecule has 1 N–H and O–H groups in total. The molecule has 0 saturated carbocycles. The van der Waals surface area contributed by atoms with Gasteiger partial charge in [0.05, 0.1) is 28.4 Å². The number of hydrogen-bond donors (Lipinski definition) is 1. The Morgan fingerprint density at radius 1 is 1.05 bits per heavy atom. The molecule has 6 nitrogen and oxygen atoms in total. The Kier molecular flexibility index (Phi) is 6.80. The number of aromatic nitrogens is 1. The molecule has 4 aromatic rings. The van der Waals surface area contributed by atoms with E-state index < -0.39 is 17.7 Å². The Bertz CT molecular complexity index is 1520. The molecule has 7 heteroatoms. The number of fused-ring (bicyclic) bond motifs is 1. The van der Waals surface area contributed by atoms with Gasteiger partial charge in [0.25, 0.3) is 5.78 Å². The fraction of sp³-hybridized carbons (Fsp3) is 0.233. The maximum atomic E-state index is 13.5. The Hall–Kier alpha value is -3.97. The highest BCUT2D eigenvalue weighted by atomic mass is 32.1. The number of ketones is 1. The van der Waals surface area contributed by atoms with Crippen molar-refractivity contribution >= 4 is 44.1 Å². The van der Waals surface area contributed by atoms with Crippen molar-refractivity contribution < 1.29 is 19.4 Å². The van der Waals surface area contributed by atoms with Gasteiger partial charge in [-0.2, -0.15) is 0 Å². The Morgan fingerprint density at radius 2 is 1.84 bits per heavy atom. The number of thiazole rings is 1. The summed E-state index contributed by atoms with van der Waals surface area (Å²) in [6.45, 7) is 6.65. The molecule has 1 fully saturated rings. The summed E-state index contributed by atoms with van der Waals surface area (Å²) in [6, 6.07) is 19.5. The summed E-state index contributed by atoms with van der Waals surface area (Å²) in [5.74, 6) is -1.08. The van der Waals surface area contributed by atoms with Gasteiger partial charge in [-0.05, 0) is 55.2 Å². The third-order valence-corrected chi connectivity index (χ3v) is 7.46. The van der Waals surface area contributed by atoms with Crippen LogP contribution < -0.4 is 9.64 Å². The Morgan fingerprint density at radius 3 is 2.59 bits per heavy atom. The molecule has 1 unspecified atom stereocenters. The average molecular weight is 513 g/mol. The van der Waals surface area contributed by atoms with Crippen molar-refractivity contribution in [2.24, 2.45) is 0 Å². The third-order valence-electron chi connectivity index (χ3n) is 6.46. The molecule has 37 heavy (non-hydrogen) atoms. The highest BCUT2D eigenvalue weighted by Gasteiger charge is 2.48. The number of benzene rings is 3. The molecule has 0 aliphatic carbocycles. The average Bonchev–Trinajstić information content (AvgIpc) is 3.43. The molecule has 5 rings (SSSR count). The van der Waals surface area contributed by atoms with Crippen LogP contribution in [0.1, 0.15) is 48.1 Å². The Labute approximate surface area is 219 Å². The number of nitrogens with zero attached hydrogens (tertiary/aromatic N) is 2. The van der Waals surface area contributed by atoms with Crippen molar-refractivity contribution in [2.45, 2.75) is 39.7 Å². The molecule has 188 valence electrons. The first kappa shape index (κ1) is 24.7. The van der Waals surface area contributed by atoms with E-state index in [1.165, 1.54) is 16.2 Å². The minimum atomic E-state index is -0.812. The highest BCUT2D eigenvalue weighted by molar-refractivity contribution is 7.22. The molecule has 2 heterocycles. The zero-order chi connectivity index (χ0) is 26.1. The molecule has 1 amide bonds. The van der Waals surface area contributed by atoms with Gasteiger partial charge in [-0.1, -0.05) is 73.2 Å². The number of ether oxygens (including phenoxy) is 1. The van der Waals surface area contributed by atoms with Gasteiger partial charge < -0.3 is 9.84 Å². The number of aliphatic hydroxyl groups excluding tert-OH is 1. The predicted molar refractivity (Wildman–Crippen MR) is 147 cm³/mol. The van der Waals surface area contributed by atoms with Gasteiger partial charge in [0.1, 0.15) is 11.5 Å². The van der Waals surface area contributed by atoms with E-state index in [0.29, 0.717) is 28.6 Å². The topological polar surface area (TPSA) is 79.7 Å². The van der Waals surface area contributed by atoms with Gasteiger partial charge in [-0.25, -0.2) is 4.98 Å². The fourth-order valence-corrected chi connectivity index (χ4v) is 5.83. The van der Waals surface area contributed by atoms with Crippen LogP contribution in [0.4, 0.5) is 5.13 Å². The number of unbranched alkanes of at least 4 members (excludes halogenated alkanes) is 1. The lowest BCUT2D eigenvalue weighted by Crippen LogP contribution is -2.29. The Balaban J connectivity index is 1.65. The maximum Gasteiger partial charge on any atom is 0.301 e. The number of anilines is 1. The van der Waals surface area contributed by atoms with Crippen LogP contribution >= 0.6 is 11.3 Å². The molecule has 0 bridgehead atoms. The number of carbonyl (C=O) groups excluding carboxylic acids is 2. The summed E-state index contributed by atoms with van der Waals surface area (Å²) in [6.07, 6.45) is 1.92. The summed E-state index contributed by atoms with van der Waals surface area (Å²) in [5.41, 5.74) is 4.08. The van der Waals surface area contributed by atoms with E-state index in [1.54, 1.807) is 18.2 Å². The summed E-state index contributed by atoms with van der Waals surface area (Å²) in [7, 11) is 0. The lowest BCUT2D eigenvalue weighted by Gasteiger charge is -2.23. The van der Waals surface area contributed by atoms with Gasteiger partial charge in [-0.3, -0.25) is 14.5 Å². The van der Waals surface area contributed by atoms with Crippen molar-refractivity contribution in [3.8, 4) is 5.75 Å². The molecule has 1 aromatic heterocycles. The lowest BCUT2D eigenvalue weighted by atomic mass is 9.95. The molecule has 1 saturated heterocycles. The van der Waals surface area contributed by atoms with Crippen LogP contribution in [0.3, 0.4) is 0 Å². The van der Waals surface area contributed by atoms with E-state index >= 15 is 0 Å². The van der Waals surface area contributed by atoms with Crippen LogP contribution in [0.5, 0.6) is 5.75 Å². The maximum absolute atomic E-state index is 13.5. The standard InChI is InChI=1S/C30H28N2O4S/c1-4-5-14-36-22-13-9-12-21(17-22)27(33)24-26(20-10-7-6-8-11-20)32(29(35)28(24)34)30-31-25-19(3)15-18(2)16-23(25)37-30/h6-13,15-17,26,33H,4-5,14H2,1-3H3/b27-24+. The summed E-state index contributed by atoms with van der Waals surface area (Å²) >= 11 is 1.37. The van der Waals surface area contributed by atoms with E-state index in [0.717, 1.165) is 34.2 Å². The summed E-state index contributed by atoms with van der Waals surface area (Å²) in [4.78, 5) is 33.1. The predicted octanol–water partition coefficient (Wildman–Crippen LogP) is 6.72. The molecule has 1 aliphatic heterocycles. The number of amides is 1. The van der Waals surface area contributed by atoms with Crippen LogP contribution in [0.15, 0.2) is 72.3 Å². The second-order valence-corrected chi connectivity index (χ2v) is 10.2. The van der Waals surface area contributed by atoms with Crippen LogP contribution in [0, 0.1) is 13.8 Å². The molecule has 1 aliphatic rings. The van der Waals surface area contributed by atoms with Crippen molar-refractivity contribution in [1.29, 1.82) is 0 Å². The normalized spacial score (nSPS) is 17.1. The zero-order valence-electron chi connectivity index (χ0n) is 21.0. The molecule has 0 radical (unpaired) electrons.